The van der Waals surface area contributed by atoms with Gasteiger partial charge in [0.2, 0.25) is 12.7 Å². The van der Waals surface area contributed by atoms with E-state index in [-0.39, 0.29) is 31.4 Å². The number of rotatable bonds is 4. The number of pyridine rings is 1. The van der Waals surface area contributed by atoms with Gasteiger partial charge in [0.25, 0.3) is 5.91 Å². The fourth-order valence-electron chi connectivity index (χ4n) is 4.70. The minimum absolute atomic E-state index is 0.00834. The van der Waals surface area contributed by atoms with Crippen molar-refractivity contribution in [1.29, 1.82) is 0 Å². The number of benzene rings is 1. The Morgan fingerprint density at radius 1 is 1.18 bits per heavy atom. The van der Waals surface area contributed by atoms with Gasteiger partial charge in [0.15, 0.2) is 18.1 Å². The van der Waals surface area contributed by atoms with Gasteiger partial charge in [0.05, 0.1) is 5.60 Å². The molecule has 5 rings (SSSR count). The van der Waals surface area contributed by atoms with Gasteiger partial charge in [-0.2, -0.15) is 0 Å². The number of carbonyl (C=O) groups excluding carboxylic acids is 1. The summed E-state index contributed by atoms with van der Waals surface area (Å²) in [5, 5.41) is 11.4. The second-order valence-corrected chi connectivity index (χ2v) is 7.65. The quantitative estimate of drug-likeness (QED) is 0.873. The molecule has 0 aliphatic carbocycles. The van der Waals surface area contributed by atoms with E-state index < -0.39 is 5.60 Å². The SMILES string of the molecule is O=C(COc1ccccn1)N1[C@@H]2CC[C@H]1CC(O)(c1ccc3c(c1)OCO3)C2. The number of ether oxygens (including phenoxy) is 3. The lowest BCUT2D eigenvalue weighted by Crippen LogP contribution is -2.53. The maximum Gasteiger partial charge on any atom is 0.261 e. The first kappa shape index (κ1) is 17.3. The van der Waals surface area contributed by atoms with Crippen LogP contribution in [0.1, 0.15) is 31.2 Å². The van der Waals surface area contributed by atoms with Crippen LogP contribution >= 0.6 is 0 Å². The first-order chi connectivity index (χ1) is 13.6. The molecule has 2 saturated heterocycles. The first-order valence-electron chi connectivity index (χ1n) is 9.60. The Hall–Kier alpha value is -2.80. The van der Waals surface area contributed by atoms with E-state index in [4.69, 9.17) is 14.2 Å². The molecule has 3 aliphatic heterocycles. The van der Waals surface area contributed by atoms with Gasteiger partial charge in [-0.1, -0.05) is 12.1 Å². The van der Waals surface area contributed by atoms with E-state index in [1.807, 2.05) is 29.2 Å². The second kappa shape index (κ2) is 6.67. The molecule has 1 amide bonds. The minimum atomic E-state index is -0.967. The number of aromatic nitrogens is 1. The molecule has 2 fully saturated rings. The average Bonchev–Trinajstić information content (AvgIpc) is 3.29. The summed E-state index contributed by atoms with van der Waals surface area (Å²) in [7, 11) is 0. The summed E-state index contributed by atoms with van der Waals surface area (Å²) in [6.45, 7) is 0.174. The molecule has 2 aromatic rings. The summed E-state index contributed by atoms with van der Waals surface area (Å²) in [6.07, 6.45) is 4.45. The molecule has 0 radical (unpaired) electrons. The molecule has 1 unspecified atom stereocenters. The number of carbonyl (C=O) groups is 1. The summed E-state index contributed by atoms with van der Waals surface area (Å²) in [6, 6.07) is 11.0. The lowest BCUT2D eigenvalue weighted by molar-refractivity contribution is -0.144. The third-order valence-electron chi connectivity index (χ3n) is 5.95. The van der Waals surface area contributed by atoms with E-state index in [0.717, 1.165) is 18.4 Å². The van der Waals surface area contributed by atoms with Crippen molar-refractivity contribution in [2.24, 2.45) is 0 Å². The number of piperidine rings is 1. The zero-order valence-electron chi connectivity index (χ0n) is 15.4. The van der Waals surface area contributed by atoms with Crippen molar-refractivity contribution in [1.82, 2.24) is 9.88 Å². The predicted octanol–water partition coefficient (Wildman–Crippen LogP) is 2.23. The van der Waals surface area contributed by atoms with Gasteiger partial charge in [-0.05, 0) is 36.6 Å². The van der Waals surface area contributed by atoms with Gasteiger partial charge in [-0.15, -0.1) is 0 Å². The number of nitrogens with zero attached hydrogens (tertiary/aromatic N) is 2. The summed E-state index contributed by atoms with van der Waals surface area (Å²) in [5.74, 6) is 1.76. The lowest BCUT2D eigenvalue weighted by Gasteiger charge is -2.44. The Morgan fingerprint density at radius 2 is 1.96 bits per heavy atom. The Bertz CT molecular complexity index is 874. The van der Waals surface area contributed by atoms with E-state index in [0.29, 0.717) is 30.2 Å². The molecule has 2 bridgehead atoms. The third kappa shape index (κ3) is 2.96. The summed E-state index contributed by atoms with van der Waals surface area (Å²) < 4.78 is 16.4. The highest BCUT2D eigenvalue weighted by Gasteiger charge is 2.50. The molecule has 3 aliphatic rings. The summed E-state index contributed by atoms with van der Waals surface area (Å²) >= 11 is 0. The van der Waals surface area contributed by atoms with Crippen molar-refractivity contribution in [3.05, 3.63) is 48.2 Å². The number of amides is 1. The van der Waals surface area contributed by atoms with Crippen LogP contribution in [0.25, 0.3) is 0 Å². The molecular formula is C21H22N2O5. The van der Waals surface area contributed by atoms with Crippen LogP contribution in [0.15, 0.2) is 42.6 Å². The number of hydrogen-bond donors (Lipinski definition) is 1. The third-order valence-corrected chi connectivity index (χ3v) is 5.95. The Kier molecular flexibility index (Phi) is 4.12. The molecule has 146 valence electrons. The fraction of sp³-hybridized carbons (Fsp3) is 0.429. The number of hydrogen-bond acceptors (Lipinski definition) is 6. The molecular weight excluding hydrogens is 360 g/mol. The van der Waals surface area contributed by atoms with Gasteiger partial charge < -0.3 is 24.2 Å². The van der Waals surface area contributed by atoms with Gasteiger partial charge in [-0.3, -0.25) is 4.79 Å². The Morgan fingerprint density at radius 3 is 2.71 bits per heavy atom. The van der Waals surface area contributed by atoms with Crippen LogP contribution in [-0.4, -0.2) is 46.4 Å². The van der Waals surface area contributed by atoms with E-state index >= 15 is 0 Å². The first-order valence-corrected chi connectivity index (χ1v) is 9.60. The largest absolute Gasteiger partial charge is 0.468 e. The number of fused-ring (bicyclic) bond motifs is 3. The smallest absolute Gasteiger partial charge is 0.261 e. The Labute approximate surface area is 162 Å². The van der Waals surface area contributed by atoms with E-state index in [1.54, 1.807) is 18.3 Å². The van der Waals surface area contributed by atoms with Crippen LogP contribution in [0.3, 0.4) is 0 Å². The molecule has 28 heavy (non-hydrogen) atoms. The maximum absolute atomic E-state index is 12.8. The minimum Gasteiger partial charge on any atom is -0.468 e. The monoisotopic (exact) mass is 382 g/mol. The number of aliphatic hydroxyl groups is 1. The average molecular weight is 382 g/mol. The molecule has 0 saturated carbocycles. The fourth-order valence-corrected chi connectivity index (χ4v) is 4.70. The van der Waals surface area contributed by atoms with Crippen molar-refractivity contribution >= 4 is 5.91 Å². The van der Waals surface area contributed by atoms with Crippen LogP contribution in [0.2, 0.25) is 0 Å². The van der Waals surface area contributed by atoms with Crippen molar-refractivity contribution in [2.75, 3.05) is 13.4 Å². The van der Waals surface area contributed by atoms with Crippen LogP contribution in [-0.2, 0) is 10.4 Å². The highest BCUT2D eigenvalue weighted by Crippen LogP contribution is 2.47. The normalized spacial score (nSPS) is 27.7. The van der Waals surface area contributed by atoms with Gasteiger partial charge in [0.1, 0.15) is 0 Å². The zero-order valence-corrected chi connectivity index (χ0v) is 15.4. The van der Waals surface area contributed by atoms with E-state index in [9.17, 15) is 9.90 Å². The predicted molar refractivity (Wildman–Crippen MR) is 99.1 cm³/mol. The lowest BCUT2D eigenvalue weighted by atomic mass is 9.80. The Balaban J connectivity index is 1.30. The van der Waals surface area contributed by atoms with Crippen molar-refractivity contribution in [3.63, 3.8) is 0 Å². The summed E-state index contributed by atoms with van der Waals surface area (Å²) in [4.78, 5) is 18.8. The molecule has 0 spiro atoms. The standard InChI is InChI=1S/C21H22N2O5/c24-20(12-26-19-3-1-2-8-22-19)23-15-5-6-16(23)11-21(25,10-15)14-4-7-17-18(9-14)28-13-27-17/h1-4,7-9,15-16,25H,5-6,10-13H2/t15-,16+,21?. The van der Waals surface area contributed by atoms with Crippen LogP contribution in [0.4, 0.5) is 0 Å². The highest BCUT2D eigenvalue weighted by molar-refractivity contribution is 5.79. The van der Waals surface area contributed by atoms with Crippen LogP contribution in [0.5, 0.6) is 17.4 Å². The van der Waals surface area contributed by atoms with E-state index in [1.165, 1.54) is 0 Å². The van der Waals surface area contributed by atoms with Gasteiger partial charge in [0, 0.05) is 37.2 Å². The molecule has 1 N–H and O–H groups in total. The topological polar surface area (TPSA) is 81.1 Å². The summed E-state index contributed by atoms with van der Waals surface area (Å²) in [5.41, 5.74) is -0.142. The van der Waals surface area contributed by atoms with Crippen molar-refractivity contribution in [2.45, 2.75) is 43.4 Å². The van der Waals surface area contributed by atoms with Crippen molar-refractivity contribution < 1.29 is 24.1 Å². The maximum atomic E-state index is 12.8. The molecule has 4 heterocycles. The van der Waals surface area contributed by atoms with Crippen LogP contribution < -0.4 is 14.2 Å². The second-order valence-electron chi connectivity index (χ2n) is 7.65. The molecule has 7 nitrogen and oxygen atoms in total. The molecule has 7 heteroatoms. The molecule has 1 aromatic carbocycles. The van der Waals surface area contributed by atoms with Gasteiger partial charge in [-0.25, -0.2) is 4.98 Å². The molecule has 1 aromatic heterocycles. The zero-order chi connectivity index (χ0) is 19.1. The van der Waals surface area contributed by atoms with E-state index in [2.05, 4.69) is 4.98 Å². The van der Waals surface area contributed by atoms with Crippen molar-refractivity contribution in [3.8, 4) is 17.4 Å². The highest BCUT2D eigenvalue weighted by atomic mass is 16.7. The van der Waals surface area contributed by atoms with Crippen LogP contribution in [0, 0.1) is 0 Å². The van der Waals surface area contributed by atoms with Gasteiger partial charge >= 0.3 is 0 Å². The molecule has 3 atom stereocenters.